The summed E-state index contributed by atoms with van der Waals surface area (Å²) in [4.78, 5) is 12.8. The Morgan fingerprint density at radius 1 is 1.47 bits per heavy atom. The van der Waals surface area contributed by atoms with E-state index in [9.17, 15) is 4.79 Å². The number of carbonyl (C=O) groups is 1. The van der Waals surface area contributed by atoms with Crippen LogP contribution in [0, 0.1) is 6.92 Å². The third-order valence-corrected chi connectivity index (χ3v) is 4.99. The van der Waals surface area contributed by atoms with Crippen LogP contribution in [0.3, 0.4) is 0 Å². The highest BCUT2D eigenvalue weighted by Gasteiger charge is 2.15. The van der Waals surface area contributed by atoms with E-state index >= 15 is 0 Å². The summed E-state index contributed by atoms with van der Waals surface area (Å²) < 4.78 is 1.01. The van der Waals surface area contributed by atoms with E-state index < -0.39 is 0 Å². The first-order chi connectivity index (χ1) is 9.02. The maximum absolute atomic E-state index is 12.2. The molecule has 2 nitrogen and oxygen atoms in total. The molecule has 0 saturated heterocycles. The van der Waals surface area contributed by atoms with Gasteiger partial charge in [0.1, 0.15) is 4.88 Å². The van der Waals surface area contributed by atoms with Gasteiger partial charge in [-0.15, -0.1) is 11.3 Å². The summed E-state index contributed by atoms with van der Waals surface area (Å²) in [6, 6.07) is 5.82. The standard InChI is InChI=1S/C14H13BrClNOS/c1-3-9-6-10(15)4-5-11(9)17-14(18)13-12(16)8(2)7-19-13/h4-7H,3H2,1-2H3,(H,17,18). The molecule has 1 N–H and O–H groups in total. The van der Waals surface area contributed by atoms with Crippen LogP contribution in [0.25, 0.3) is 0 Å². The van der Waals surface area contributed by atoms with Gasteiger partial charge >= 0.3 is 0 Å². The summed E-state index contributed by atoms with van der Waals surface area (Å²) in [6.07, 6.45) is 0.853. The van der Waals surface area contributed by atoms with Gasteiger partial charge in [0.25, 0.3) is 5.91 Å². The van der Waals surface area contributed by atoms with Crippen LogP contribution in [-0.4, -0.2) is 5.91 Å². The molecule has 0 radical (unpaired) electrons. The van der Waals surface area contributed by atoms with Crippen LogP contribution >= 0.6 is 38.9 Å². The highest BCUT2D eigenvalue weighted by Crippen LogP contribution is 2.29. The molecule has 100 valence electrons. The fraction of sp³-hybridized carbons (Fsp3) is 0.214. The lowest BCUT2D eigenvalue weighted by molar-refractivity contribution is 0.103. The largest absolute Gasteiger partial charge is 0.321 e. The van der Waals surface area contributed by atoms with Gasteiger partial charge in [-0.2, -0.15) is 0 Å². The number of rotatable bonds is 3. The maximum atomic E-state index is 12.2. The van der Waals surface area contributed by atoms with E-state index in [0.29, 0.717) is 9.90 Å². The lowest BCUT2D eigenvalue weighted by atomic mass is 10.1. The number of anilines is 1. The van der Waals surface area contributed by atoms with Gasteiger partial charge in [-0.05, 0) is 48.1 Å². The molecule has 0 spiro atoms. The highest BCUT2D eigenvalue weighted by molar-refractivity contribution is 9.10. The number of hydrogen-bond acceptors (Lipinski definition) is 2. The van der Waals surface area contributed by atoms with E-state index in [1.54, 1.807) is 0 Å². The van der Waals surface area contributed by atoms with Crippen LogP contribution in [-0.2, 0) is 6.42 Å². The van der Waals surface area contributed by atoms with Crippen LogP contribution in [0.1, 0.15) is 27.7 Å². The van der Waals surface area contributed by atoms with Gasteiger partial charge < -0.3 is 5.32 Å². The van der Waals surface area contributed by atoms with Crippen LogP contribution in [0.5, 0.6) is 0 Å². The van der Waals surface area contributed by atoms with Crippen molar-refractivity contribution in [3.05, 3.63) is 49.1 Å². The van der Waals surface area contributed by atoms with E-state index in [1.165, 1.54) is 11.3 Å². The molecule has 1 amide bonds. The van der Waals surface area contributed by atoms with E-state index in [-0.39, 0.29) is 5.91 Å². The van der Waals surface area contributed by atoms with Crippen LogP contribution in [0.4, 0.5) is 5.69 Å². The molecule has 0 aliphatic rings. The van der Waals surface area contributed by atoms with Crippen molar-refractivity contribution in [2.75, 3.05) is 5.32 Å². The minimum atomic E-state index is -0.153. The quantitative estimate of drug-likeness (QED) is 0.794. The van der Waals surface area contributed by atoms with E-state index in [0.717, 1.165) is 27.7 Å². The van der Waals surface area contributed by atoms with E-state index in [4.69, 9.17) is 11.6 Å². The lowest BCUT2D eigenvalue weighted by Gasteiger charge is -2.10. The average molecular weight is 359 g/mol. The number of halogens is 2. The summed E-state index contributed by atoms with van der Waals surface area (Å²) >= 11 is 10.9. The number of hydrogen-bond donors (Lipinski definition) is 1. The Kier molecular flexibility index (Phi) is 4.66. The minimum Gasteiger partial charge on any atom is -0.321 e. The Balaban J connectivity index is 2.26. The smallest absolute Gasteiger partial charge is 0.267 e. The molecule has 0 fully saturated rings. The first kappa shape index (κ1) is 14.6. The molecule has 0 aliphatic heterocycles. The van der Waals surface area contributed by atoms with Gasteiger partial charge in [-0.1, -0.05) is 34.5 Å². The normalized spacial score (nSPS) is 10.5. The van der Waals surface area contributed by atoms with Crippen LogP contribution in [0.15, 0.2) is 28.1 Å². The zero-order valence-electron chi connectivity index (χ0n) is 10.6. The minimum absolute atomic E-state index is 0.153. The second-order valence-corrected chi connectivity index (χ2v) is 6.34. The molecule has 19 heavy (non-hydrogen) atoms. The molecular weight excluding hydrogens is 346 g/mol. The Bertz CT molecular complexity index is 624. The molecular formula is C14H13BrClNOS. The van der Waals surface area contributed by atoms with E-state index in [1.807, 2.05) is 30.5 Å². The Morgan fingerprint density at radius 3 is 2.79 bits per heavy atom. The average Bonchev–Trinajstić information content (AvgIpc) is 2.72. The van der Waals surface area contributed by atoms with Crippen molar-refractivity contribution in [2.45, 2.75) is 20.3 Å². The second kappa shape index (κ2) is 6.07. The molecule has 0 saturated carbocycles. The van der Waals surface area contributed by atoms with Crippen molar-refractivity contribution in [2.24, 2.45) is 0 Å². The monoisotopic (exact) mass is 357 g/mol. The summed E-state index contributed by atoms with van der Waals surface area (Å²) in [7, 11) is 0. The fourth-order valence-corrected chi connectivity index (χ4v) is 3.32. The number of amides is 1. The van der Waals surface area contributed by atoms with Gasteiger partial charge in [-0.25, -0.2) is 0 Å². The number of nitrogens with one attached hydrogen (secondary N) is 1. The van der Waals surface area contributed by atoms with Crippen molar-refractivity contribution in [1.82, 2.24) is 0 Å². The van der Waals surface area contributed by atoms with Crippen molar-refractivity contribution in [3.8, 4) is 0 Å². The molecule has 0 atom stereocenters. The zero-order chi connectivity index (χ0) is 14.0. The third kappa shape index (κ3) is 3.19. The first-order valence-electron chi connectivity index (χ1n) is 5.86. The van der Waals surface area contributed by atoms with Gasteiger partial charge in [0, 0.05) is 10.2 Å². The molecule has 1 aromatic carbocycles. The molecule has 2 rings (SSSR count). The summed E-state index contributed by atoms with van der Waals surface area (Å²) in [5.74, 6) is -0.153. The summed E-state index contributed by atoms with van der Waals surface area (Å²) in [5.41, 5.74) is 2.85. The van der Waals surface area contributed by atoms with Crippen LogP contribution in [0.2, 0.25) is 5.02 Å². The van der Waals surface area contributed by atoms with Crippen molar-refractivity contribution >= 4 is 50.5 Å². The van der Waals surface area contributed by atoms with Crippen molar-refractivity contribution in [3.63, 3.8) is 0 Å². The van der Waals surface area contributed by atoms with Crippen LogP contribution < -0.4 is 5.32 Å². The highest BCUT2D eigenvalue weighted by atomic mass is 79.9. The number of aryl methyl sites for hydroxylation is 2. The lowest BCUT2D eigenvalue weighted by Crippen LogP contribution is -2.12. The molecule has 5 heteroatoms. The Morgan fingerprint density at radius 2 is 2.21 bits per heavy atom. The maximum Gasteiger partial charge on any atom is 0.267 e. The van der Waals surface area contributed by atoms with E-state index in [2.05, 4.69) is 28.2 Å². The molecule has 0 unspecified atom stereocenters. The number of benzene rings is 1. The van der Waals surface area contributed by atoms with Crippen molar-refractivity contribution < 1.29 is 4.79 Å². The van der Waals surface area contributed by atoms with Gasteiger partial charge in [0.05, 0.1) is 5.02 Å². The van der Waals surface area contributed by atoms with Gasteiger partial charge in [0.15, 0.2) is 0 Å². The number of thiophene rings is 1. The third-order valence-electron chi connectivity index (χ3n) is 2.80. The van der Waals surface area contributed by atoms with Gasteiger partial charge in [-0.3, -0.25) is 4.79 Å². The topological polar surface area (TPSA) is 29.1 Å². The van der Waals surface area contributed by atoms with Gasteiger partial charge in [0.2, 0.25) is 0 Å². The predicted octanol–water partition coefficient (Wildman–Crippen LogP) is 5.29. The Hall–Kier alpha value is -0.840. The predicted molar refractivity (Wildman–Crippen MR) is 85.5 cm³/mol. The molecule has 0 bridgehead atoms. The fourth-order valence-electron chi connectivity index (χ4n) is 1.74. The van der Waals surface area contributed by atoms with Crippen molar-refractivity contribution in [1.29, 1.82) is 0 Å². The number of carbonyl (C=O) groups excluding carboxylic acids is 1. The molecule has 1 aromatic heterocycles. The zero-order valence-corrected chi connectivity index (χ0v) is 13.7. The molecule has 0 aliphatic carbocycles. The first-order valence-corrected chi connectivity index (χ1v) is 7.91. The summed E-state index contributed by atoms with van der Waals surface area (Å²) in [5, 5.41) is 5.35. The second-order valence-electron chi connectivity index (χ2n) is 4.17. The Labute approximate surface area is 129 Å². The summed E-state index contributed by atoms with van der Waals surface area (Å²) in [6.45, 7) is 3.95. The molecule has 2 aromatic rings. The molecule has 1 heterocycles. The SMILES string of the molecule is CCc1cc(Br)ccc1NC(=O)c1scc(C)c1Cl.